The Bertz CT molecular complexity index is 1110. The quantitative estimate of drug-likeness (QED) is 0.387. The maximum absolute atomic E-state index is 12.4. The minimum atomic E-state index is -1.49. The Labute approximate surface area is 181 Å². The van der Waals surface area contributed by atoms with E-state index in [9.17, 15) is 19.8 Å². The van der Waals surface area contributed by atoms with E-state index in [1.807, 2.05) is 0 Å². The number of benzene rings is 1. The van der Waals surface area contributed by atoms with Crippen LogP contribution in [-0.2, 0) is 16.1 Å². The summed E-state index contributed by atoms with van der Waals surface area (Å²) >= 11 is 6.29. The van der Waals surface area contributed by atoms with Crippen LogP contribution in [0.1, 0.15) is 18.7 Å². The maximum atomic E-state index is 12.4. The fourth-order valence-corrected chi connectivity index (χ4v) is 2.86. The molecule has 2 heterocycles. The van der Waals surface area contributed by atoms with E-state index in [4.69, 9.17) is 31.2 Å². The van der Waals surface area contributed by atoms with Gasteiger partial charge in [-0.2, -0.15) is 0 Å². The van der Waals surface area contributed by atoms with Crippen molar-refractivity contribution in [2.45, 2.75) is 25.1 Å². The lowest BCUT2D eigenvalue weighted by Gasteiger charge is -2.24. The molecule has 0 aliphatic carbocycles. The minimum absolute atomic E-state index is 0.100. The van der Waals surface area contributed by atoms with Crippen LogP contribution < -0.4 is 16.2 Å². The molecule has 1 atom stereocenters. The van der Waals surface area contributed by atoms with E-state index in [1.165, 1.54) is 31.5 Å². The van der Waals surface area contributed by atoms with Crippen molar-refractivity contribution in [1.29, 1.82) is 0 Å². The number of fused-ring (bicyclic) bond motifs is 1. The van der Waals surface area contributed by atoms with Crippen LogP contribution in [0, 0.1) is 0 Å². The lowest BCUT2D eigenvalue weighted by atomic mass is 10.1. The average Bonchev–Trinajstić information content (AvgIpc) is 3.10. The first-order valence-electron chi connectivity index (χ1n) is 9.17. The molecule has 0 spiro atoms. The summed E-state index contributed by atoms with van der Waals surface area (Å²) < 4.78 is 17.0. The van der Waals surface area contributed by atoms with Crippen molar-refractivity contribution in [1.82, 2.24) is 14.5 Å². The number of halogens is 1. The van der Waals surface area contributed by atoms with Gasteiger partial charge < -0.3 is 29.8 Å². The average molecular weight is 453 g/mol. The molecule has 1 unspecified atom stereocenters. The second kappa shape index (κ2) is 9.43. The van der Waals surface area contributed by atoms with Gasteiger partial charge in [-0.05, 0) is 13.0 Å². The van der Waals surface area contributed by atoms with E-state index in [0.717, 1.165) is 4.57 Å². The smallest absolute Gasteiger partial charge is 0.420 e. The van der Waals surface area contributed by atoms with Crippen LogP contribution in [-0.4, -0.2) is 56.1 Å². The first kappa shape index (κ1) is 22.7. The van der Waals surface area contributed by atoms with Gasteiger partial charge in [0, 0.05) is 18.5 Å². The van der Waals surface area contributed by atoms with E-state index in [2.05, 4.69) is 9.97 Å². The van der Waals surface area contributed by atoms with Crippen molar-refractivity contribution in [2.75, 3.05) is 19.8 Å². The largest absolute Gasteiger partial charge is 0.486 e. The molecule has 2 aromatic heterocycles. The van der Waals surface area contributed by atoms with Crippen molar-refractivity contribution in [3.05, 3.63) is 52.0 Å². The molecule has 166 valence electrons. The number of aliphatic hydroxyl groups is 2. The van der Waals surface area contributed by atoms with Crippen LogP contribution in [0.15, 0.2) is 39.9 Å². The molecule has 0 bridgehead atoms. The van der Waals surface area contributed by atoms with Gasteiger partial charge in [0.2, 0.25) is 0 Å². The highest BCUT2D eigenvalue weighted by Gasteiger charge is 2.29. The highest BCUT2D eigenvalue weighted by atomic mass is 35.5. The third-order valence-electron chi connectivity index (χ3n) is 4.52. The Morgan fingerprint density at radius 1 is 1.35 bits per heavy atom. The van der Waals surface area contributed by atoms with Crippen LogP contribution in [0.3, 0.4) is 0 Å². The third-order valence-corrected chi connectivity index (χ3v) is 4.81. The zero-order valence-electron chi connectivity index (χ0n) is 16.5. The van der Waals surface area contributed by atoms with Crippen molar-refractivity contribution >= 4 is 28.7 Å². The minimum Gasteiger partial charge on any atom is -0.486 e. The maximum Gasteiger partial charge on any atom is 0.420 e. The summed E-state index contributed by atoms with van der Waals surface area (Å²) in [5.41, 5.74) is 5.19. The van der Waals surface area contributed by atoms with Gasteiger partial charge in [0.25, 0.3) is 0 Å². The summed E-state index contributed by atoms with van der Waals surface area (Å²) in [7, 11) is 0. The van der Waals surface area contributed by atoms with Crippen LogP contribution in [0.25, 0.3) is 11.1 Å². The van der Waals surface area contributed by atoms with Gasteiger partial charge in [-0.25, -0.2) is 9.59 Å². The predicted molar refractivity (Wildman–Crippen MR) is 109 cm³/mol. The molecule has 3 rings (SSSR count). The Morgan fingerprint density at radius 3 is 2.74 bits per heavy atom. The monoisotopic (exact) mass is 452 g/mol. The van der Waals surface area contributed by atoms with Crippen LogP contribution in [0.5, 0.6) is 5.75 Å². The highest BCUT2D eigenvalue weighted by Crippen LogP contribution is 2.31. The molecule has 0 aliphatic rings. The first-order valence-corrected chi connectivity index (χ1v) is 9.55. The summed E-state index contributed by atoms with van der Waals surface area (Å²) in [5.74, 6) is -1.35. The predicted octanol–water partition coefficient (Wildman–Crippen LogP) is 0.403. The number of rotatable bonds is 9. The van der Waals surface area contributed by atoms with Crippen molar-refractivity contribution in [3.63, 3.8) is 0 Å². The highest BCUT2D eigenvalue weighted by molar-refractivity contribution is 6.32. The molecule has 0 aliphatic heterocycles. The van der Waals surface area contributed by atoms with Crippen LogP contribution in [0.2, 0.25) is 5.02 Å². The van der Waals surface area contributed by atoms with Crippen molar-refractivity contribution in [3.8, 4) is 5.75 Å². The zero-order valence-corrected chi connectivity index (χ0v) is 17.3. The molecule has 3 aromatic rings. The van der Waals surface area contributed by atoms with Gasteiger partial charge in [-0.3, -0.25) is 14.5 Å². The van der Waals surface area contributed by atoms with E-state index in [0.29, 0.717) is 5.69 Å². The molecule has 1 aromatic carbocycles. The van der Waals surface area contributed by atoms with Gasteiger partial charge in [0.05, 0.1) is 41.2 Å². The first-order chi connectivity index (χ1) is 14.8. The zero-order chi connectivity index (χ0) is 22.6. The number of aliphatic hydroxyl groups excluding tert-OH is 2. The topological polar surface area (TPSA) is 163 Å². The normalized spacial score (nSPS) is 12.7. The molecular formula is C19H21ClN4O7. The fourth-order valence-electron chi connectivity index (χ4n) is 2.65. The Hall–Kier alpha value is -2.99. The van der Waals surface area contributed by atoms with Gasteiger partial charge in [-0.1, -0.05) is 11.6 Å². The van der Waals surface area contributed by atoms with E-state index < -0.39 is 43.1 Å². The number of hydrogen-bond acceptors (Lipinski definition) is 10. The van der Waals surface area contributed by atoms with E-state index >= 15 is 0 Å². The summed E-state index contributed by atoms with van der Waals surface area (Å²) in [6, 6.07) is 1.79. The number of oxazole rings is 1. The SMILES string of the molecule is CC(C(=O)OCC(N)(CO)CO)n1c(=O)oc2cc(OCc3cnccn3)c(Cl)cc21. The summed E-state index contributed by atoms with van der Waals surface area (Å²) in [5, 5.41) is 18.6. The van der Waals surface area contributed by atoms with Crippen LogP contribution >= 0.6 is 11.6 Å². The van der Waals surface area contributed by atoms with Crippen LogP contribution in [0.4, 0.5) is 0 Å². The number of ether oxygens (including phenoxy) is 2. The molecule has 0 amide bonds. The third kappa shape index (κ3) is 5.02. The standard InChI is InChI=1S/C19H21ClN4O7/c1-11(17(27)30-10-19(21,8-25)9-26)24-14-4-13(20)15(5-16(14)31-18(24)28)29-7-12-6-22-2-3-23-12/h2-6,11,25-26H,7-10,21H2,1H3. The molecular weight excluding hydrogens is 432 g/mol. The number of nitrogens with zero attached hydrogens (tertiary/aromatic N) is 3. The lowest BCUT2D eigenvalue weighted by Crippen LogP contribution is -2.52. The van der Waals surface area contributed by atoms with Crippen molar-refractivity contribution in [2.24, 2.45) is 5.73 Å². The molecule has 0 saturated carbocycles. The van der Waals surface area contributed by atoms with Crippen molar-refractivity contribution < 1.29 is 28.9 Å². The van der Waals surface area contributed by atoms with Gasteiger partial charge >= 0.3 is 11.7 Å². The number of aromatic nitrogens is 3. The fraction of sp³-hybridized carbons (Fsp3) is 0.368. The van der Waals surface area contributed by atoms with Gasteiger partial charge in [-0.15, -0.1) is 0 Å². The Kier molecular flexibility index (Phi) is 6.91. The van der Waals surface area contributed by atoms with E-state index in [-0.39, 0.29) is 28.5 Å². The summed E-state index contributed by atoms with van der Waals surface area (Å²) in [6.07, 6.45) is 4.60. The number of nitrogens with two attached hydrogens (primary N) is 1. The number of carbonyl (C=O) groups excluding carboxylic acids is 1. The van der Waals surface area contributed by atoms with Gasteiger partial charge in [0.15, 0.2) is 5.58 Å². The number of carbonyl (C=O) groups is 1. The number of esters is 1. The molecule has 12 heteroatoms. The Morgan fingerprint density at radius 2 is 2.10 bits per heavy atom. The summed E-state index contributed by atoms with van der Waals surface area (Å²) in [4.78, 5) is 32.8. The Balaban J connectivity index is 1.81. The van der Waals surface area contributed by atoms with Gasteiger partial charge in [0.1, 0.15) is 25.0 Å². The second-order valence-electron chi connectivity index (χ2n) is 6.94. The van der Waals surface area contributed by atoms with E-state index in [1.54, 1.807) is 6.20 Å². The molecule has 0 fully saturated rings. The lowest BCUT2D eigenvalue weighted by molar-refractivity contribution is -0.150. The molecule has 4 N–H and O–H groups in total. The second-order valence-corrected chi connectivity index (χ2v) is 7.34. The molecule has 11 nitrogen and oxygen atoms in total. The summed E-state index contributed by atoms with van der Waals surface area (Å²) in [6.45, 7) is -0.0846. The number of hydrogen-bond donors (Lipinski definition) is 3. The molecule has 0 saturated heterocycles. The molecule has 0 radical (unpaired) electrons. The molecule has 31 heavy (non-hydrogen) atoms.